The average molecular weight is 397 g/mol. The van der Waals surface area contributed by atoms with Crippen molar-refractivity contribution in [1.82, 2.24) is 9.80 Å². The summed E-state index contributed by atoms with van der Waals surface area (Å²) in [4.78, 5) is 42.9. The van der Waals surface area contributed by atoms with E-state index in [4.69, 9.17) is 9.15 Å². The fourth-order valence-electron chi connectivity index (χ4n) is 3.85. The van der Waals surface area contributed by atoms with Crippen LogP contribution in [0.15, 0.2) is 47.1 Å². The first kappa shape index (κ1) is 19.0. The van der Waals surface area contributed by atoms with Gasteiger partial charge in [0.05, 0.1) is 19.3 Å². The normalized spacial score (nSPS) is 19.6. The number of methoxy groups -OCH3 is 1. The molecule has 0 aliphatic carbocycles. The molecule has 0 bridgehead atoms. The number of benzene rings is 1. The van der Waals surface area contributed by atoms with Gasteiger partial charge in [-0.3, -0.25) is 14.4 Å². The second-order valence-electron chi connectivity index (χ2n) is 7.20. The van der Waals surface area contributed by atoms with Crippen molar-refractivity contribution in [1.29, 1.82) is 0 Å². The topological polar surface area (TPSA) is 83.3 Å². The summed E-state index contributed by atoms with van der Waals surface area (Å²) < 4.78 is 10.4. The smallest absolute Gasteiger partial charge is 0.289 e. The summed E-state index contributed by atoms with van der Waals surface area (Å²) in [7, 11) is 1.58. The number of ether oxygens (including phenoxy) is 1. The second kappa shape index (κ2) is 7.98. The average Bonchev–Trinajstić information content (AvgIpc) is 3.43. The molecule has 2 fully saturated rings. The van der Waals surface area contributed by atoms with Gasteiger partial charge < -0.3 is 23.9 Å². The zero-order valence-corrected chi connectivity index (χ0v) is 16.2. The SMILES string of the molecule is COc1cccc(N2CC(C(=O)N3CCN(C(=O)c4ccco4)CC3)CC2=O)c1. The molecule has 0 radical (unpaired) electrons. The molecule has 3 amide bonds. The van der Waals surface area contributed by atoms with E-state index in [0.29, 0.717) is 44.2 Å². The number of rotatable bonds is 4. The van der Waals surface area contributed by atoms with Crippen LogP contribution in [0.25, 0.3) is 0 Å². The molecule has 1 atom stereocenters. The molecule has 29 heavy (non-hydrogen) atoms. The predicted octanol–water partition coefficient (Wildman–Crippen LogP) is 1.63. The highest BCUT2D eigenvalue weighted by molar-refractivity contribution is 6.00. The third kappa shape index (κ3) is 3.83. The Labute approximate surface area is 168 Å². The van der Waals surface area contributed by atoms with E-state index in [9.17, 15) is 14.4 Å². The van der Waals surface area contributed by atoms with Crippen LogP contribution in [0.1, 0.15) is 17.0 Å². The van der Waals surface area contributed by atoms with Crippen molar-refractivity contribution in [2.45, 2.75) is 6.42 Å². The minimum absolute atomic E-state index is 0.0335. The van der Waals surface area contributed by atoms with Crippen molar-refractivity contribution >= 4 is 23.4 Å². The van der Waals surface area contributed by atoms with Crippen molar-refractivity contribution in [2.24, 2.45) is 5.92 Å². The van der Waals surface area contributed by atoms with Crippen LogP contribution < -0.4 is 9.64 Å². The van der Waals surface area contributed by atoms with Gasteiger partial charge in [-0.2, -0.15) is 0 Å². The van der Waals surface area contributed by atoms with Crippen molar-refractivity contribution in [2.75, 3.05) is 44.7 Å². The number of hydrogen-bond acceptors (Lipinski definition) is 5. The zero-order valence-electron chi connectivity index (χ0n) is 16.2. The summed E-state index contributed by atoms with van der Waals surface area (Å²) in [6, 6.07) is 10.6. The number of hydrogen-bond donors (Lipinski definition) is 0. The lowest BCUT2D eigenvalue weighted by atomic mass is 10.1. The highest BCUT2D eigenvalue weighted by Crippen LogP contribution is 2.29. The molecule has 2 saturated heterocycles. The van der Waals surface area contributed by atoms with E-state index < -0.39 is 0 Å². The number of furan rings is 1. The fraction of sp³-hybridized carbons (Fsp3) is 0.381. The van der Waals surface area contributed by atoms with Crippen LogP contribution in [0.3, 0.4) is 0 Å². The van der Waals surface area contributed by atoms with Gasteiger partial charge in [-0.05, 0) is 24.3 Å². The standard InChI is InChI=1S/C21H23N3O5/c1-28-17-5-2-4-16(13-17)24-14-15(12-19(24)25)20(26)22-7-9-23(10-8-22)21(27)18-6-3-11-29-18/h2-6,11,13,15H,7-10,12,14H2,1H3. The van der Waals surface area contributed by atoms with Crippen LogP contribution in [0.2, 0.25) is 0 Å². The Bertz CT molecular complexity index is 903. The van der Waals surface area contributed by atoms with Gasteiger partial charge in [0.1, 0.15) is 5.75 Å². The summed E-state index contributed by atoms with van der Waals surface area (Å²) in [5.41, 5.74) is 0.735. The molecule has 8 nitrogen and oxygen atoms in total. The van der Waals surface area contributed by atoms with Crippen LogP contribution in [0, 0.1) is 5.92 Å². The molecule has 1 unspecified atom stereocenters. The summed E-state index contributed by atoms with van der Waals surface area (Å²) in [6.45, 7) is 2.16. The molecule has 0 spiro atoms. The van der Waals surface area contributed by atoms with Crippen LogP contribution in [0.4, 0.5) is 5.69 Å². The van der Waals surface area contributed by atoms with Crippen molar-refractivity contribution in [3.63, 3.8) is 0 Å². The van der Waals surface area contributed by atoms with Crippen LogP contribution in [-0.4, -0.2) is 67.4 Å². The lowest BCUT2D eigenvalue weighted by Crippen LogP contribution is -2.52. The van der Waals surface area contributed by atoms with Gasteiger partial charge in [0, 0.05) is 50.9 Å². The minimum Gasteiger partial charge on any atom is -0.497 e. The maximum atomic E-state index is 13.0. The first-order chi connectivity index (χ1) is 14.1. The first-order valence-electron chi connectivity index (χ1n) is 9.63. The third-order valence-electron chi connectivity index (χ3n) is 5.45. The lowest BCUT2D eigenvalue weighted by Gasteiger charge is -2.35. The molecule has 2 aromatic rings. The van der Waals surface area contributed by atoms with E-state index in [-0.39, 0.29) is 30.1 Å². The van der Waals surface area contributed by atoms with E-state index in [1.165, 1.54) is 6.26 Å². The van der Waals surface area contributed by atoms with Crippen LogP contribution in [0.5, 0.6) is 5.75 Å². The zero-order chi connectivity index (χ0) is 20.4. The number of piperazine rings is 1. The maximum absolute atomic E-state index is 13.0. The summed E-state index contributed by atoms with van der Waals surface area (Å²) in [6.07, 6.45) is 1.67. The van der Waals surface area contributed by atoms with Gasteiger partial charge >= 0.3 is 0 Å². The van der Waals surface area contributed by atoms with E-state index in [2.05, 4.69) is 0 Å². The molecule has 1 aromatic carbocycles. The van der Waals surface area contributed by atoms with Gasteiger partial charge in [-0.1, -0.05) is 6.07 Å². The molecule has 8 heteroatoms. The third-order valence-corrected chi connectivity index (χ3v) is 5.45. The van der Waals surface area contributed by atoms with E-state index in [1.54, 1.807) is 40.0 Å². The Balaban J connectivity index is 1.36. The second-order valence-corrected chi connectivity index (χ2v) is 7.20. The largest absolute Gasteiger partial charge is 0.497 e. The number of carbonyl (C=O) groups is 3. The highest BCUT2D eigenvalue weighted by Gasteiger charge is 2.38. The van der Waals surface area contributed by atoms with Crippen molar-refractivity contribution in [3.8, 4) is 5.75 Å². The molecule has 3 heterocycles. The molecule has 2 aliphatic heterocycles. The molecule has 0 saturated carbocycles. The summed E-state index contributed by atoms with van der Waals surface area (Å²) >= 11 is 0. The Morgan fingerprint density at radius 1 is 1.07 bits per heavy atom. The quantitative estimate of drug-likeness (QED) is 0.783. The van der Waals surface area contributed by atoms with Gasteiger partial charge in [-0.15, -0.1) is 0 Å². The van der Waals surface area contributed by atoms with Gasteiger partial charge in [0.25, 0.3) is 5.91 Å². The van der Waals surface area contributed by atoms with Crippen LogP contribution >= 0.6 is 0 Å². The number of nitrogens with zero attached hydrogens (tertiary/aromatic N) is 3. The summed E-state index contributed by atoms with van der Waals surface area (Å²) in [5.74, 6) is 0.336. The molecular formula is C21H23N3O5. The summed E-state index contributed by atoms with van der Waals surface area (Å²) in [5, 5.41) is 0. The Morgan fingerprint density at radius 3 is 2.52 bits per heavy atom. The Hall–Kier alpha value is -3.29. The molecule has 152 valence electrons. The monoisotopic (exact) mass is 397 g/mol. The Kier molecular flexibility index (Phi) is 5.24. The van der Waals surface area contributed by atoms with Gasteiger partial charge in [0.15, 0.2) is 5.76 Å². The van der Waals surface area contributed by atoms with Crippen molar-refractivity contribution in [3.05, 3.63) is 48.4 Å². The highest BCUT2D eigenvalue weighted by atomic mass is 16.5. The van der Waals surface area contributed by atoms with E-state index >= 15 is 0 Å². The van der Waals surface area contributed by atoms with E-state index in [0.717, 1.165) is 5.69 Å². The number of anilines is 1. The molecule has 1 aromatic heterocycles. The Morgan fingerprint density at radius 2 is 1.83 bits per heavy atom. The van der Waals surface area contributed by atoms with Gasteiger partial charge in [0.2, 0.25) is 11.8 Å². The maximum Gasteiger partial charge on any atom is 0.289 e. The molecular weight excluding hydrogens is 374 g/mol. The fourth-order valence-corrected chi connectivity index (χ4v) is 3.85. The molecule has 2 aliphatic rings. The molecule has 0 N–H and O–H groups in total. The minimum atomic E-state index is -0.374. The van der Waals surface area contributed by atoms with Crippen LogP contribution in [-0.2, 0) is 9.59 Å². The van der Waals surface area contributed by atoms with Gasteiger partial charge in [-0.25, -0.2) is 0 Å². The number of carbonyl (C=O) groups excluding carboxylic acids is 3. The number of amides is 3. The van der Waals surface area contributed by atoms with Crippen molar-refractivity contribution < 1.29 is 23.5 Å². The first-order valence-corrected chi connectivity index (χ1v) is 9.63. The predicted molar refractivity (Wildman–Crippen MR) is 105 cm³/mol. The lowest BCUT2D eigenvalue weighted by molar-refractivity contribution is -0.137. The molecule has 4 rings (SSSR count). The van der Waals surface area contributed by atoms with E-state index in [1.807, 2.05) is 18.2 Å².